The van der Waals surface area contributed by atoms with Gasteiger partial charge in [0.15, 0.2) is 6.04 Å². The molecular weight excluding hydrogens is 368 g/mol. The Morgan fingerprint density at radius 2 is 1.95 bits per heavy atom. The minimum atomic E-state index is -1.42. The predicted octanol–water partition coefficient (Wildman–Crippen LogP) is 4.62. The molecule has 0 bridgehead atoms. The van der Waals surface area contributed by atoms with Gasteiger partial charge in [-0.3, -0.25) is 0 Å². The third-order valence-corrected chi connectivity index (χ3v) is 3.96. The summed E-state index contributed by atoms with van der Waals surface area (Å²) in [6, 6.07) is 5.89. The first kappa shape index (κ1) is 15.7. The van der Waals surface area contributed by atoms with Gasteiger partial charge in [-0.05, 0) is 52.3 Å². The van der Waals surface area contributed by atoms with Crippen molar-refractivity contribution in [2.24, 2.45) is 0 Å². The average Bonchev–Trinajstić information content (AvgIpc) is 2.42. The van der Waals surface area contributed by atoms with Crippen molar-refractivity contribution in [2.75, 3.05) is 5.32 Å². The van der Waals surface area contributed by atoms with Gasteiger partial charge in [-0.2, -0.15) is 0 Å². The standard InChI is InChI=1S/C14H9BrClF2NO2/c15-10-6-8(2-3-11(10)16)19-13(14(20)21)9-5-7(17)1-4-12(9)18/h1-6,13,19H,(H,20,21). The quantitative estimate of drug-likeness (QED) is 0.819. The molecule has 0 spiro atoms. The van der Waals surface area contributed by atoms with Crippen molar-refractivity contribution in [1.82, 2.24) is 0 Å². The van der Waals surface area contributed by atoms with Crippen LogP contribution in [0, 0.1) is 11.6 Å². The summed E-state index contributed by atoms with van der Waals surface area (Å²) in [5, 5.41) is 12.3. The zero-order valence-electron chi connectivity index (χ0n) is 10.4. The predicted molar refractivity (Wildman–Crippen MR) is 79.5 cm³/mol. The molecule has 0 aliphatic heterocycles. The lowest BCUT2D eigenvalue weighted by Gasteiger charge is -2.17. The number of nitrogens with one attached hydrogen (secondary N) is 1. The Hall–Kier alpha value is -1.66. The summed E-state index contributed by atoms with van der Waals surface area (Å²) in [6.45, 7) is 0. The van der Waals surface area contributed by atoms with Crippen LogP contribution in [0.3, 0.4) is 0 Å². The lowest BCUT2D eigenvalue weighted by Crippen LogP contribution is -2.21. The van der Waals surface area contributed by atoms with Crippen LogP contribution in [0.25, 0.3) is 0 Å². The Bertz CT molecular complexity index is 697. The molecule has 2 aromatic rings. The number of carboxylic acids is 1. The van der Waals surface area contributed by atoms with E-state index in [1.54, 1.807) is 18.2 Å². The maximum Gasteiger partial charge on any atom is 0.330 e. The van der Waals surface area contributed by atoms with Gasteiger partial charge >= 0.3 is 5.97 Å². The molecule has 0 saturated heterocycles. The van der Waals surface area contributed by atoms with E-state index in [-0.39, 0.29) is 5.56 Å². The Balaban J connectivity index is 2.37. The minimum Gasteiger partial charge on any atom is -0.479 e. The zero-order valence-corrected chi connectivity index (χ0v) is 12.8. The largest absolute Gasteiger partial charge is 0.479 e. The van der Waals surface area contributed by atoms with Crippen LogP contribution in [0.15, 0.2) is 40.9 Å². The smallest absolute Gasteiger partial charge is 0.330 e. The van der Waals surface area contributed by atoms with Gasteiger partial charge in [0, 0.05) is 15.7 Å². The van der Waals surface area contributed by atoms with Crippen molar-refractivity contribution in [3.05, 3.63) is 63.1 Å². The maximum atomic E-state index is 13.7. The van der Waals surface area contributed by atoms with E-state index in [0.717, 1.165) is 18.2 Å². The lowest BCUT2D eigenvalue weighted by atomic mass is 10.1. The first-order chi connectivity index (χ1) is 9.88. The van der Waals surface area contributed by atoms with E-state index in [9.17, 15) is 18.7 Å². The molecule has 0 fully saturated rings. The van der Waals surface area contributed by atoms with Crippen LogP contribution in [-0.4, -0.2) is 11.1 Å². The third kappa shape index (κ3) is 3.71. The van der Waals surface area contributed by atoms with Crippen molar-refractivity contribution in [3.8, 4) is 0 Å². The average molecular weight is 377 g/mol. The SMILES string of the molecule is O=C(O)C(Nc1ccc(Cl)c(Br)c1)c1cc(F)ccc1F. The van der Waals surface area contributed by atoms with E-state index < -0.39 is 23.6 Å². The highest BCUT2D eigenvalue weighted by Gasteiger charge is 2.24. The lowest BCUT2D eigenvalue weighted by molar-refractivity contribution is -0.138. The summed E-state index contributed by atoms with van der Waals surface area (Å²) in [7, 11) is 0. The molecule has 110 valence electrons. The van der Waals surface area contributed by atoms with Gasteiger partial charge < -0.3 is 10.4 Å². The molecule has 1 atom stereocenters. The van der Waals surface area contributed by atoms with Gasteiger partial charge in [0.1, 0.15) is 11.6 Å². The number of benzene rings is 2. The number of halogens is 4. The molecule has 2 aromatic carbocycles. The van der Waals surface area contributed by atoms with Crippen molar-refractivity contribution < 1.29 is 18.7 Å². The van der Waals surface area contributed by atoms with Crippen LogP contribution in [-0.2, 0) is 4.79 Å². The van der Waals surface area contributed by atoms with Crippen LogP contribution in [0.5, 0.6) is 0 Å². The van der Waals surface area contributed by atoms with Crippen molar-refractivity contribution in [3.63, 3.8) is 0 Å². The van der Waals surface area contributed by atoms with Crippen LogP contribution < -0.4 is 5.32 Å². The second-order valence-electron chi connectivity index (χ2n) is 4.21. The fraction of sp³-hybridized carbons (Fsp3) is 0.0714. The van der Waals surface area contributed by atoms with Gasteiger partial charge in [0.25, 0.3) is 0 Å². The summed E-state index contributed by atoms with van der Waals surface area (Å²) in [4.78, 5) is 11.3. The third-order valence-electron chi connectivity index (χ3n) is 2.75. The van der Waals surface area contributed by atoms with Crippen molar-refractivity contribution >= 4 is 39.2 Å². The number of hydrogen-bond donors (Lipinski definition) is 2. The molecule has 0 radical (unpaired) electrons. The number of aliphatic carboxylic acids is 1. The van der Waals surface area contributed by atoms with Crippen LogP contribution >= 0.6 is 27.5 Å². The number of rotatable bonds is 4. The Labute approximate surface area is 132 Å². The minimum absolute atomic E-state index is 0.284. The Morgan fingerprint density at radius 1 is 1.24 bits per heavy atom. The maximum absolute atomic E-state index is 13.7. The summed E-state index contributed by atoms with van der Waals surface area (Å²) >= 11 is 9.04. The summed E-state index contributed by atoms with van der Waals surface area (Å²) in [5.41, 5.74) is 0.121. The molecule has 0 aromatic heterocycles. The number of anilines is 1. The topological polar surface area (TPSA) is 49.3 Å². The molecule has 3 nitrogen and oxygen atoms in total. The second-order valence-corrected chi connectivity index (χ2v) is 5.47. The highest BCUT2D eigenvalue weighted by atomic mass is 79.9. The molecule has 1 unspecified atom stereocenters. The highest BCUT2D eigenvalue weighted by molar-refractivity contribution is 9.10. The molecule has 2 N–H and O–H groups in total. The molecule has 21 heavy (non-hydrogen) atoms. The normalized spacial score (nSPS) is 12.0. The van der Waals surface area contributed by atoms with Gasteiger partial charge in [-0.1, -0.05) is 11.6 Å². The van der Waals surface area contributed by atoms with E-state index in [0.29, 0.717) is 15.2 Å². The van der Waals surface area contributed by atoms with Gasteiger partial charge in [-0.15, -0.1) is 0 Å². The number of hydrogen-bond acceptors (Lipinski definition) is 2. The molecule has 2 rings (SSSR count). The van der Waals surface area contributed by atoms with Gasteiger partial charge in [0.2, 0.25) is 0 Å². The van der Waals surface area contributed by atoms with E-state index in [1.165, 1.54) is 0 Å². The van der Waals surface area contributed by atoms with Gasteiger partial charge in [-0.25, -0.2) is 13.6 Å². The highest BCUT2D eigenvalue weighted by Crippen LogP contribution is 2.29. The van der Waals surface area contributed by atoms with Crippen LogP contribution in [0.2, 0.25) is 5.02 Å². The monoisotopic (exact) mass is 375 g/mol. The van der Waals surface area contributed by atoms with Crippen molar-refractivity contribution in [1.29, 1.82) is 0 Å². The van der Waals surface area contributed by atoms with E-state index in [4.69, 9.17) is 11.6 Å². The Morgan fingerprint density at radius 3 is 2.57 bits per heavy atom. The molecule has 0 aliphatic carbocycles. The molecule has 0 amide bonds. The summed E-state index contributed by atoms with van der Waals surface area (Å²) in [6.07, 6.45) is 0. The molecular formula is C14H9BrClF2NO2. The molecule has 0 saturated carbocycles. The Kier molecular flexibility index (Phi) is 4.80. The number of carbonyl (C=O) groups is 1. The van der Waals surface area contributed by atoms with E-state index >= 15 is 0 Å². The van der Waals surface area contributed by atoms with Crippen LogP contribution in [0.1, 0.15) is 11.6 Å². The molecule has 7 heteroatoms. The second kappa shape index (κ2) is 6.41. The van der Waals surface area contributed by atoms with Crippen molar-refractivity contribution in [2.45, 2.75) is 6.04 Å². The van der Waals surface area contributed by atoms with E-state index in [2.05, 4.69) is 21.2 Å². The van der Waals surface area contributed by atoms with Gasteiger partial charge in [0.05, 0.1) is 5.02 Å². The number of carboxylic acid groups (broad SMARTS) is 1. The van der Waals surface area contributed by atoms with Crippen LogP contribution in [0.4, 0.5) is 14.5 Å². The first-order valence-electron chi connectivity index (χ1n) is 5.78. The van der Waals surface area contributed by atoms with E-state index in [1.807, 2.05) is 0 Å². The summed E-state index contributed by atoms with van der Waals surface area (Å²) < 4.78 is 27.5. The fourth-order valence-corrected chi connectivity index (χ4v) is 2.26. The molecule has 0 heterocycles. The first-order valence-corrected chi connectivity index (χ1v) is 6.95. The fourth-order valence-electron chi connectivity index (χ4n) is 1.76. The zero-order chi connectivity index (χ0) is 15.6. The summed E-state index contributed by atoms with van der Waals surface area (Å²) in [5.74, 6) is -2.84. The molecule has 0 aliphatic rings.